The smallest absolute Gasteiger partial charge is 0.376 e. The Balaban J connectivity index is 0. The molecule has 0 amide bonds. The zero-order chi connectivity index (χ0) is 4.12. The fourth-order valence-electron chi connectivity index (χ4n) is 0.125. The Morgan fingerprint density at radius 3 is 1.50 bits per heavy atom. The van der Waals surface area contributed by atoms with E-state index in [4.69, 9.17) is 0 Å². The zero-order valence-electron chi connectivity index (χ0n) is 4.04. The van der Waals surface area contributed by atoms with Crippen molar-refractivity contribution in [1.82, 2.24) is 5.32 Å². The van der Waals surface area contributed by atoms with E-state index < -0.39 is 0 Å². The largest absolute Gasteiger partial charge is 2.00 e. The van der Waals surface area contributed by atoms with Gasteiger partial charge in [-0.15, -0.1) is 13.1 Å². The van der Waals surface area contributed by atoms with Gasteiger partial charge in [-0.3, -0.25) is 0 Å². The fourth-order valence-corrected chi connectivity index (χ4v) is 0.125. The third kappa shape index (κ3) is 8.82. The predicted molar refractivity (Wildman–Crippen MR) is 23.6 cm³/mol. The van der Waals surface area contributed by atoms with Crippen LogP contribution in [0.3, 0.4) is 0 Å². The molecule has 6 heavy (non-hydrogen) atoms. The van der Waals surface area contributed by atoms with E-state index in [1.807, 2.05) is 0 Å². The van der Waals surface area contributed by atoms with Crippen LogP contribution in [0.15, 0.2) is 0 Å². The van der Waals surface area contributed by atoms with E-state index >= 15 is 0 Å². The molecule has 2 heteroatoms. The third-order valence-electron chi connectivity index (χ3n) is 0.354. The summed E-state index contributed by atoms with van der Waals surface area (Å²) < 4.78 is 0. The Kier molecular flexibility index (Phi) is 14.9. The second-order valence-corrected chi connectivity index (χ2v) is 0.750. The quantitative estimate of drug-likeness (QED) is 0.424. The maximum absolute atomic E-state index is 3.52. The summed E-state index contributed by atoms with van der Waals surface area (Å²) in [6.45, 7) is 8.61. The summed E-state index contributed by atoms with van der Waals surface area (Å²) in [5, 5.41) is 2.89. The molecular weight excluding hydrogens is 127 g/mol. The number of hydrogen-bond donors (Lipinski definition) is 1. The van der Waals surface area contributed by atoms with Gasteiger partial charge in [-0.25, -0.2) is 0 Å². The van der Waals surface area contributed by atoms with E-state index in [1.54, 1.807) is 0 Å². The molecule has 0 aliphatic carbocycles. The molecule has 0 saturated carbocycles. The molecule has 0 aliphatic heterocycles. The molecule has 0 unspecified atom stereocenters. The summed E-state index contributed by atoms with van der Waals surface area (Å²) in [6, 6.07) is 0. The molecule has 1 N–H and O–H groups in total. The third-order valence-corrected chi connectivity index (χ3v) is 0.354. The summed E-state index contributed by atoms with van der Waals surface area (Å²) in [4.78, 5) is 0. The second kappa shape index (κ2) is 9.13. The molecule has 0 bridgehead atoms. The van der Waals surface area contributed by atoms with Crippen LogP contribution in [-0.4, -0.2) is 13.1 Å². The van der Waals surface area contributed by atoms with Crippen molar-refractivity contribution in [2.45, 2.75) is 0 Å². The van der Waals surface area contributed by atoms with Crippen molar-refractivity contribution in [3.63, 3.8) is 0 Å². The first-order valence-corrected chi connectivity index (χ1v) is 1.71. The SMILES string of the molecule is [CH2-]CNC[CH2-].[Zn+2]. The standard InChI is InChI=1S/C4H9N.Zn/c1-3-5-4-2;/h5H,1-4H2;/q-2;+2. The van der Waals surface area contributed by atoms with Gasteiger partial charge in [-0.05, 0) is 0 Å². The van der Waals surface area contributed by atoms with Crippen LogP contribution in [0.2, 0.25) is 0 Å². The second-order valence-electron chi connectivity index (χ2n) is 0.750. The minimum atomic E-state index is 0. The molecule has 0 spiro atoms. The van der Waals surface area contributed by atoms with E-state index in [9.17, 15) is 0 Å². The zero-order valence-corrected chi connectivity index (χ0v) is 7.00. The van der Waals surface area contributed by atoms with Gasteiger partial charge >= 0.3 is 19.5 Å². The molecule has 0 aliphatic rings. The maximum Gasteiger partial charge on any atom is 2.00 e. The fraction of sp³-hybridized carbons (Fsp3) is 0.500. The molecule has 0 atom stereocenters. The Bertz CT molecular complexity index is 15.0. The average Bonchev–Trinajstić information content (AvgIpc) is 1.41. The molecule has 0 radical (unpaired) electrons. The van der Waals surface area contributed by atoms with Crippen molar-refractivity contribution in [2.24, 2.45) is 0 Å². The van der Waals surface area contributed by atoms with E-state index in [-0.39, 0.29) is 19.5 Å². The molecule has 1 nitrogen and oxygen atoms in total. The first-order chi connectivity index (χ1) is 2.41. The van der Waals surface area contributed by atoms with Crippen LogP contribution in [0.25, 0.3) is 0 Å². The molecule has 32 valence electrons. The van der Waals surface area contributed by atoms with Gasteiger partial charge in [-0.1, -0.05) is 0 Å². The molecule has 0 aromatic heterocycles. The van der Waals surface area contributed by atoms with Gasteiger partial charge in [0.05, 0.1) is 0 Å². The number of rotatable bonds is 2. The molecule has 0 fully saturated rings. The van der Waals surface area contributed by atoms with Crippen LogP contribution in [0, 0.1) is 13.8 Å². The van der Waals surface area contributed by atoms with Crippen molar-refractivity contribution in [3.05, 3.63) is 13.8 Å². The van der Waals surface area contributed by atoms with Gasteiger partial charge in [0.25, 0.3) is 0 Å². The van der Waals surface area contributed by atoms with Gasteiger partial charge in [0, 0.05) is 0 Å². The summed E-state index contributed by atoms with van der Waals surface area (Å²) in [5.74, 6) is 0. The molecular formula is C4H9NZn. The van der Waals surface area contributed by atoms with E-state index in [0.29, 0.717) is 0 Å². The van der Waals surface area contributed by atoms with E-state index in [0.717, 1.165) is 13.1 Å². The van der Waals surface area contributed by atoms with E-state index in [2.05, 4.69) is 19.2 Å². The van der Waals surface area contributed by atoms with Gasteiger partial charge in [0.1, 0.15) is 0 Å². The van der Waals surface area contributed by atoms with Crippen molar-refractivity contribution in [3.8, 4) is 0 Å². The monoisotopic (exact) mass is 135 g/mol. The summed E-state index contributed by atoms with van der Waals surface area (Å²) in [7, 11) is 0. The van der Waals surface area contributed by atoms with Crippen molar-refractivity contribution in [1.29, 1.82) is 0 Å². The number of hydrogen-bond acceptors (Lipinski definition) is 1. The average molecular weight is 137 g/mol. The number of nitrogens with one attached hydrogen (secondary N) is 1. The van der Waals surface area contributed by atoms with Gasteiger partial charge < -0.3 is 19.2 Å². The van der Waals surface area contributed by atoms with Crippen LogP contribution >= 0.6 is 0 Å². The van der Waals surface area contributed by atoms with Crippen LogP contribution in [0.4, 0.5) is 0 Å². The first-order valence-electron chi connectivity index (χ1n) is 1.71. The molecule has 0 aromatic carbocycles. The molecule has 0 rings (SSSR count). The normalized spacial score (nSPS) is 7.00. The Labute approximate surface area is 52.3 Å². The molecule has 0 saturated heterocycles. The first kappa shape index (κ1) is 9.77. The van der Waals surface area contributed by atoms with Crippen molar-refractivity contribution >= 4 is 0 Å². The van der Waals surface area contributed by atoms with Crippen LogP contribution in [-0.2, 0) is 19.5 Å². The predicted octanol–water partition coefficient (Wildman–Crippen LogP) is 0.242. The van der Waals surface area contributed by atoms with Gasteiger partial charge in [0.15, 0.2) is 0 Å². The maximum atomic E-state index is 3.52. The van der Waals surface area contributed by atoms with Gasteiger partial charge in [-0.2, -0.15) is 0 Å². The summed E-state index contributed by atoms with van der Waals surface area (Å²) >= 11 is 0. The minimum Gasteiger partial charge on any atom is -0.376 e. The topological polar surface area (TPSA) is 12.0 Å². The van der Waals surface area contributed by atoms with Crippen molar-refractivity contribution in [2.75, 3.05) is 13.1 Å². The molecule has 0 heterocycles. The van der Waals surface area contributed by atoms with Crippen LogP contribution in [0.1, 0.15) is 0 Å². The Hall–Kier alpha value is 0.583. The van der Waals surface area contributed by atoms with E-state index in [1.165, 1.54) is 0 Å². The van der Waals surface area contributed by atoms with Gasteiger partial charge in [0.2, 0.25) is 0 Å². The summed E-state index contributed by atoms with van der Waals surface area (Å²) in [6.07, 6.45) is 0. The summed E-state index contributed by atoms with van der Waals surface area (Å²) in [5.41, 5.74) is 0. The van der Waals surface area contributed by atoms with Crippen LogP contribution in [0.5, 0.6) is 0 Å². The minimum absolute atomic E-state index is 0. The Morgan fingerprint density at radius 2 is 1.50 bits per heavy atom. The Morgan fingerprint density at radius 1 is 1.17 bits per heavy atom. The van der Waals surface area contributed by atoms with Crippen LogP contribution < -0.4 is 5.32 Å². The van der Waals surface area contributed by atoms with Crippen molar-refractivity contribution < 1.29 is 19.5 Å². The molecule has 0 aromatic rings.